The minimum Gasteiger partial charge on any atom is -0.490 e. The fraction of sp³-hybridized carbons (Fsp3) is 0.444. The molecule has 1 aromatic carbocycles. The second kappa shape index (κ2) is 8.02. The highest BCUT2D eigenvalue weighted by Gasteiger charge is 2.21. The molecule has 2 aromatic rings. The maximum atomic E-state index is 13.5. The molecule has 0 aliphatic carbocycles. The predicted molar refractivity (Wildman–Crippen MR) is 87.0 cm³/mol. The van der Waals surface area contributed by atoms with E-state index in [9.17, 15) is 4.39 Å². The second-order valence-corrected chi connectivity index (χ2v) is 5.91. The first-order chi connectivity index (χ1) is 11.3. The molecule has 0 bridgehead atoms. The van der Waals surface area contributed by atoms with Gasteiger partial charge in [-0.2, -0.15) is 0 Å². The molecule has 0 saturated carbocycles. The molecule has 0 spiro atoms. The summed E-state index contributed by atoms with van der Waals surface area (Å²) in [7, 11) is 0. The molecule has 1 aliphatic rings. The third kappa shape index (κ3) is 4.48. The number of hydrogen-bond acceptors (Lipinski definition) is 4. The Balaban J connectivity index is 1.43. The van der Waals surface area contributed by atoms with Gasteiger partial charge < -0.3 is 9.64 Å². The summed E-state index contributed by atoms with van der Waals surface area (Å²) >= 11 is 0. The van der Waals surface area contributed by atoms with Crippen LogP contribution in [0.2, 0.25) is 0 Å². The Morgan fingerprint density at radius 3 is 3.00 bits per heavy atom. The van der Waals surface area contributed by atoms with E-state index in [1.165, 1.54) is 18.9 Å². The molecule has 1 atom stereocenters. The first kappa shape index (κ1) is 15.9. The first-order valence-corrected chi connectivity index (χ1v) is 8.18. The van der Waals surface area contributed by atoms with Crippen LogP contribution in [0, 0.1) is 5.82 Å². The van der Waals surface area contributed by atoms with Gasteiger partial charge in [0, 0.05) is 30.9 Å². The van der Waals surface area contributed by atoms with Crippen molar-refractivity contribution in [3.05, 3.63) is 54.4 Å². The molecule has 0 radical (unpaired) electrons. The van der Waals surface area contributed by atoms with Crippen molar-refractivity contribution in [1.82, 2.24) is 14.9 Å². The lowest BCUT2D eigenvalue weighted by molar-refractivity contribution is 0.186. The summed E-state index contributed by atoms with van der Waals surface area (Å²) in [5.74, 6) is 0.526. The van der Waals surface area contributed by atoms with E-state index in [1.54, 1.807) is 24.5 Å². The van der Waals surface area contributed by atoms with Crippen LogP contribution < -0.4 is 4.74 Å². The molecule has 4 nitrogen and oxygen atoms in total. The highest BCUT2D eigenvalue weighted by molar-refractivity contribution is 5.23. The number of rotatable bonds is 6. The van der Waals surface area contributed by atoms with Crippen molar-refractivity contribution in [1.29, 1.82) is 0 Å². The fourth-order valence-electron chi connectivity index (χ4n) is 3.07. The van der Waals surface area contributed by atoms with E-state index in [2.05, 4.69) is 14.9 Å². The van der Waals surface area contributed by atoms with Crippen LogP contribution in [0.5, 0.6) is 5.75 Å². The molecule has 3 rings (SSSR count). The Kier molecular flexibility index (Phi) is 5.53. The van der Waals surface area contributed by atoms with Crippen LogP contribution in [0.1, 0.15) is 30.9 Å². The van der Waals surface area contributed by atoms with Crippen molar-refractivity contribution in [2.75, 3.05) is 26.2 Å². The number of nitrogens with zero attached hydrogens (tertiary/aromatic N) is 3. The Hall–Kier alpha value is -2.01. The van der Waals surface area contributed by atoms with Gasteiger partial charge in [0.15, 0.2) is 11.6 Å². The summed E-state index contributed by atoms with van der Waals surface area (Å²) in [6, 6.07) is 8.56. The summed E-state index contributed by atoms with van der Waals surface area (Å²) in [6.07, 6.45) is 6.69. The molecule has 1 saturated heterocycles. The molecular weight excluding hydrogens is 293 g/mol. The van der Waals surface area contributed by atoms with Crippen LogP contribution in [0.3, 0.4) is 0 Å². The number of aromatic nitrogens is 2. The van der Waals surface area contributed by atoms with E-state index in [4.69, 9.17) is 4.74 Å². The maximum Gasteiger partial charge on any atom is 0.165 e. The van der Waals surface area contributed by atoms with Crippen molar-refractivity contribution in [3.63, 3.8) is 0 Å². The van der Waals surface area contributed by atoms with Crippen molar-refractivity contribution < 1.29 is 9.13 Å². The molecule has 0 N–H and O–H groups in total. The van der Waals surface area contributed by atoms with Gasteiger partial charge in [0.05, 0.1) is 6.61 Å². The van der Waals surface area contributed by atoms with Crippen LogP contribution in [0.25, 0.3) is 0 Å². The highest BCUT2D eigenvalue weighted by Crippen LogP contribution is 2.25. The van der Waals surface area contributed by atoms with Gasteiger partial charge in [0.2, 0.25) is 0 Å². The molecule has 5 heteroatoms. The minimum atomic E-state index is -0.297. The van der Waals surface area contributed by atoms with E-state index in [0.717, 1.165) is 31.7 Å². The van der Waals surface area contributed by atoms with Crippen LogP contribution >= 0.6 is 0 Å². The zero-order valence-electron chi connectivity index (χ0n) is 13.2. The number of piperidine rings is 1. The fourth-order valence-corrected chi connectivity index (χ4v) is 3.07. The number of halogens is 1. The molecule has 1 fully saturated rings. The van der Waals surface area contributed by atoms with Crippen LogP contribution in [0.4, 0.5) is 4.39 Å². The average Bonchev–Trinajstić information content (AvgIpc) is 2.61. The third-order valence-electron chi connectivity index (χ3n) is 4.24. The Morgan fingerprint density at radius 2 is 2.17 bits per heavy atom. The van der Waals surface area contributed by atoms with Crippen LogP contribution in [-0.2, 0) is 0 Å². The normalized spacial score (nSPS) is 18.7. The monoisotopic (exact) mass is 315 g/mol. The Labute approximate surface area is 136 Å². The van der Waals surface area contributed by atoms with Crippen molar-refractivity contribution in [2.24, 2.45) is 0 Å². The molecule has 23 heavy (non-hydrogen) atoms. The number of likely N-dealkylation sites (tertiary alicyclic amines) is 1. The number of hydrogen-bond donors (Lipinski definition) is 0. The van der Waals surface area contributed by atoms with Gasteiger partial charge in [-0.05, 0) is 44.0 Å². The molecule has 122 valence electrons. The standard InChI is InChI=1S/C18H22FN3O/c19-16-6-1-2-7-18(16)23-12-4-11-22-10-3-5-15(13-22)17-8-9-20-14-21-17/h1-2,6-9,14-15H,3-5,10-13H2. The summed E-state index contributed by atoms with van der Waals surface area (Å²) in [6.45, 7) is 3.64. The lowest BCUT2D eigenvalue weighted by atomic mass is 9.94. The van der Waals surface area contributed by atoms with Crippen LogP contribution in [-0.4, -0.2) is 41.1 Å². The smallest absolute Gasteiger partial charge is 0.165 e. The lowest BCUT2D eigenvalue weighted by Gasteiger charge is -2.32. The molecule has 1 unspecified atom stereocenters. The van der Waals surface area contributed by atoms with Crippen molar-refractivity contribution in [2.45, 2.75) is 25.2 Å². The SMILES string of the molecule is Fc1ccccc1OCCCN1CCCC(c2ccncn2)C1. The lowest BCUT2D eigenvalue weighted by Crippen LogP contribution is -2.35. The largest absolute Gasteiger partial charge is 0.490 e. The topological polar surface area (TPSA) is 38.2 Å². The summed E-state index contributed by atoms with van der Waals surface area (Å²) < 4.78 is 19.0. The van der Waals surface area contributed by atoms with E-state index in [0.29, 0.717) is 18.3 Å². The highest BCUT2D eigenvalue weighted by atomic mass is 19.1. The number of benzene rings is 1. The van der Waals surface area contributed by atoms with E-state index in [1.807, 2.05) is 12.3 Å². The van der Waals surface area contributed by atoms with Gasteiger partial charge in [-0.25, -0.2) is 14.4 Å². The molecular formula is C18H22FN3O. The first-order valence-electron chi connectivity index (χ1n) is 8.18. The Morgan fingerprint density at radius 1 is 1.26 bits per heavy atom. The molecule has 2 heterocycles. The molecule has 1 aromatic heterocycles. The van der Waals surface area contributed by atoms with Gasteiger partial charge in [-0.1, -0.05) is 12.1 Å². The zero-order chi connectivity index (χ0) is 15.9. The van der Waals surface area contributed by atoms with Crippen molar-refractivity contribution >= 4 is 0 Å². The van der Waals surface area contributed by atoms with Gasteiger partial charge in [-0.15, -0.1) is 0 Å². The molecule has 0 amide bonds. The third-order valence-corrected chi connectivity index (χ3v) is 4.24. The van der Waals surface area contributed by atoms with Gasteiger partial charge in [-0.3, -0.25) is 0 Å². The van der Waals surface area contributed by atoms with Gasteiger partial charge in [0.25, 0.3) is 0 Å². The van der Waals surface area contributed by atoms with E-state index >= 15 is 0 Å². The summed E-state index contributed by atoms with van der Waals surface area (Å²) in [5.41, 5.74) is 1.13. The minimum absolute atomic E-state index is 0.297. The van der Waals surface area contributed by atoms with Crippen LogP contribution in [0.15, 0.2) is 42.9 Å². The summed E-state index contributed by atoms with van der Waals surface area (Å²) in [4.78, 5) is 10.8. The van der Waals surface area contributed by atoms with E-state index < -0.39 is 0 Å². The number of ether oxygens (including phenoxy) is 1. The Bertz CT molecular complexity index is 608. The van der Waals surface area contributed by atoms with Gasteiger partial charge >= 0.3 is 0 Å². The van der Waals surface area contributed by atoms with Gasteiger partial charge in [0.1, 0.15) is 6.33 Å². The second-order valence-electron chi connectivity index (χ2n) is 5.91. The zero-order valence-corrected chi connectivity index (χ0v) is 13.2. The average molecular weight is 315 g/mol. The predicted octanol–water partition coefficient (Wildman–Crippen LogP) is 3.26. The van der Waals surface area contributed by atoms with E-state index in [-0.39, 0.29) is 5.82 Å². The summed E-state index contributed by atoms with van der Waals surface area (Å²) in [5, 5.41) is 0. The van der Waals surface area contributed by atoms with Crippen molar-refractivity contribution in [3.8, 4) is 5.75 Å². The number of para-hydroxylation sites is 1. The quantitative estimate of drug-likeness (QED) is 0.767. The molecule has 1 aliphatic heterocycles. The maximum absolute atomic E-state index is 13.5.